The van der Waals surface area contributed by atoms with E-state index in [-0.39, 0.29) is 17.7 Å². The Morgan fingerprint density at radius 1 is 1.17 bits per heavy atom. The van der Waals surface area contributed by atoms with Gasteiger partial charge < -0.3 is 36.6 Å². The molecule has 0 unspecified atom stereocenters. The van der Waals surface area contributed by atoms with Gasteiger partial charge in [0, 0.05) is 17.7 Å². The minimum absolute atomic E-state index is 0.0213. The number of carbonyl (C=O) groups excluding carboxylic acids is 3. The Bertz CT molecular complexity index is 828. The van der Waals surface area contributed by atoms with Crippen molar-refractivity contribution in [3.05, 3.63) is 35.9 Å². The summed E-state index contributed by atoms with van der Waals surface area (Å²) in [6.45, 7) is -0.429. The van der Waals surface area contributed by atoms with Crippen molar-refractivity contribution in [2.75, 3.05) is 11.9 Å². The van der Waals surface area contributed by atoms with Gasteiger partial charge in [-0.25, -0.2) is 4.79 Å². The predicted molar refractivity (Wildman–Crippen MR) is 96.0 cm³/mol. The maximum Gasteiger partial charge on any atom is 0.573 e. The van der Waals surface area contributed by atoms with Crippen LogP contribution in [-0.2, 0) is 9.59 Å². The van der Waals surface area contributed by atoms with E-state index in [1.54, 1.807) is 0 Å². The molecular formula is C17H19F3N4O6. The van der Waals surface area contributed by atoms with E-state index in [1.165, 1.54) is 6.08 Å². The molecule has 3 atom stereocenters. The average molecular weight is 432 g/mol. The molecule has 0 aromatic heterocycles. The lowest BCUT2D eigenvalue weighted by Gasteiger charge is -2.31. The van der Waals surface area contributed by atoms with E-state index in [0.29, 0.717) is 0 Å². The normalized spacial score (nSPS) is 21.2. The summed E-state index contributed by atoms with van der Waals surface area (Å²) >= 11 is 0. The fourth-order valence-corrected chi connectivity index (χ4v) is 2.60. The maximum atomic E-state index is 12.2. The number of nitrogens with one attached hydrogen (secondary N) is 3. The van der Waals surface area contributed by atoms with Gasteiger partial charge in [-0.2, -0.15) is 0 Å². The smallest absolute Gasteiger partial charge is 0.406 e. The number of hydrogen-bond acceptors (Lipinski definition) is 6. The predicted octanol–water partition coefficient (Wildman–Crippen LogP) is -0.271. The second-order valence-corrected chi connectivity index (χ2v) is 6.30. The third kappa shape index (κ3) is 6.93. The van der Waals surface area contributed by atoms with Crippen molar-refractivity contribution in [1.82, 2.24) is 10.6 Å². The SMILES string of the molecule is NC(=O)CNC(=O)C1=C[C@@H](NC(=O)Nc2ccc(OC(F)(F)F)cc2)[C@@H](O)[C@H](O)C1. The minimum atomic E-state index is -4.85. The lowest BCUT2D eigenvalue weighted by atomic mass is 9.90. The van der Waals surface area contributed by atoms with E-state index in [9.17, 15) is 37.8 Å². The molecule has 1 aliphatic rings. The molecule has 0 saturated heterocycles. The molecule has 0 fully saturated rings. The van der Waals surface area contributed by atoms with Crippen LogP contribution < -0.4 is 26.4 Å². The molecule has 30 heavy (non-hydrogen) atoms. The van der Waals surface area contributed by atoms with Gasteiger partial charge in [0.1, 0.15) is 11.9 Å². The van der Waals surface area contributed by atoms with Crippen molar-refractivity contribution in [2.45, 2.75) is 31.0 Å². The third-order valence-electron chi connectivity index (χ3n) is 3.93. The van der Waals surface area contributed by atoms with Crippen molar-refractivity contribution in [3.63, 3.8) is 0 Å². The molecular weight excluding hydrogens is 413 g/mol. The molecule has 4 amide bonds. The molecule has 0 aliphatic heterocycles. The fourth-order valence-electron chi connectivity index (χ4n) is 2.60. The first-order valence-electron chi connectivity index (χ1n) is 8.51. The molecule has 7 N–H and O–H groups in total. The number of rotatable bonds is 6. The monoisotopic (exact) mass is 432 g/mol. The molecule has 0 bridgehead atoms. The molecule has 0 spiro atoms. The zero-order chi connectivity index (χ0) is 22.5. The molecule has 10 nitrogen and oxygen atoms in total. The Labute approximate surface area is 167 Å². The second-order valence-electron chi connectivity index (χ2n) is 6.30. The summed E-state index contributed by atoms with van der Waals surface area (Å²) in [6.07, 6.45) is -6.64. The fraction of sp³-hybridized carbons (Fsp3) is 0.353. The molecule has 1 aliphatic carbocycles. The number of urea groups is 1. The van der Waals surface area contributed by atoms with Gasteiger partial charge in [0.25, 0.3) is 0 Å². The number of primary amides is 1. The van der Waals surface area contributed by atoms with Crippen LogP contribution in [0.1, 0.15) is 6.42 Å². The first-order valence-corrected chi connectivity index (χ1v) is 8.51. The summed E-state index contributed by atoms with van der Waals surface area (Å²) in [7, 11) is 0. The Balaban J connectivity index is 2.00. The summed E-state index contributed by atoms with van der Waals surface area (Å²) in [4.78, 5) is 34.9. The second kappa shape index (κ2) is 9.45. The number of hydrogen-bond donors (Lipinski definition) is 6. The van der Waals surface area contributed by atoms with E-state index in [0.717, 1.165) is 24.3 Å². The average Bonchev–Trinajstić information content (AvgIpc) is 2.63. The summed E-state index contributed by atoms with van der Waals surface area (Å²) < 4.78 is 40.2. The molecule has 0 radical (unpaired) electrons. The van der Waals surface area contributed by atoms with Crippen molar-refractivity contribution in [2.24, 2.45) is 5.73 Å². The van der Waals surface area contributed by atoms with E-state index in [4.69, 9.17) is 5.73 Å². The van der Waals surface area contributed by atoms with Gasteiger partial charge in [-0.3, -0.25) is 9.59 Å². The van der Waals surface area contributed by atoms with Crippen LogP contribution in [0, 0.1) is 0 Å². The summed E-state index contributed by atoms with van der Waals surface area (Å²) in [6, 6.07) is 2.28. The number of carbonyl (C=O) groups is 3. The van der Waals surface area contributed by atoms with Gasteiger partial charge >= 0.3 is 12.4 Å². The van der Waals surface area contributed by atoms with Crippen LogP contribution in [0.5, 0.6) is 5.75 Å². The summed E-state index contributed by atoms with van der Waals surface area (Å²) in [5, 5.41) is 26.9. The van der Waals surface area contributed by atoms with Gasteiger partial charge in [-0.05, 0) is 24.3 Å². The topological polar surface area (TPSA) is 163 Å². The van der Waals surface area contributed by atoms with E-state index in [2.05, 4.69) is 20.7 Å². The summed E-state index contributed by atoms with van der Waals surface area (Å²) in [5.41, 5.74) is 5.08. The van der Waals surface area contributed by atoms with Crippen LogP contribution in [0.2, 0.25) is 0 Å². The highest BCUT2D eigenvalue weighted by molar-refractivity contribution is 5.96. The zero-order valence-corrected chi connectivity index (χ0v) is 15.3. The number of halogens is 3. The maximum absolute atomic E-state index is 12.2. The number of ether oxygens (including phenoxy) is 1. The molecule has 0 saturated carbocycles. The number of anilines is 1. The quantitative estimate of drug-likeness (QED) is 0.362. The Morgan fingerprint density at radius 3 is 2.37 bits per heavy atom. The number of amides is 4. The number of aliphatic hydroxyl groups is 2. The van der Waals surface area contributed by atoms with Crippen molar-refractivity contribution in [1.29, 1.82) is 0 Å². The minimum Gasteiger partial charge on any atom is -0.406 e. The lowest BCUT2D eigenvalue weighted by molar-refractivity contribution is -0.274. The van der Waals surface area contributed by atoms with Crippen molar-refractivity contribution in [3.8, 4) is 5.75 Å². The van der Waals surface area contributed by atoms with E-state index >= 15 is 0 Å². The number of nitrogens with two attached hydrogens (primary N) is 1. The molecule has 0 heterocycles. The number of benzene rings is 1. The van der Waals surface area contributed by atoms with Gasteiger partial charge in [0.05, 0.1) is 18.7 Å². The Kier molecular flexibility index (Phi) is 7.24. The Morgan fingerprint density at radius 2 is 1.80 bits per heavy atom. The van der Waals surface area contributed by atoms with Crippen LogP contribution in [0.15, 0.2) is 35.9 Å². The molecule has 13 heteroatoms. The van der Waals surface area contributed by atoms with Gasteiger partial charge in [-0.1, -0.05) is 6.08 Å². The van der Waals surface area contributed by atoms with Crippen LogP contribution in [0.4, 0.5) is 23.7 Å². The van der Waals surface area contributed by atoms with Gasteiger partial charge in [0.2, 0.25) is 11.8 Å². The first kappa shape index (κ1) is 23.0. The van der Waals surface area contributed by atoms with Gasteiger partial charge in [-0.15, -0.1) is 13.2 Å². The highest BCUT2D eigenvalue weighted by atomic mass is 19.4. The molecule has 1 aromatic carbocycles. The molecule has 2 rings (SSSR count). The Hall–Kier alpha value is -3.32. The van der Waals surface area contributed by atoms with Crippen molar-refractivity contribution >= 4 is 23.5 Å². The van der Waals surface area contributed by atoms with Crippen LogP contribution in [-0.4, -0.2) is 59.2 Å². The highest BCUT2D eigenvalue weighted by Crippen LogP contribution is 2.24. The highest BCUT2D eigenvalue weighted by Gasteiger charge is 2.34. The third-order valence-corrected chi connectivity index (χ3v) is 3.93. The molecule has 164 valence electrons. The van der Waals surface area contributed by atoms with E-state index < -0.39 is 54.8 Å². The van der Waals surface area contributed by atoms with Gasteiger partial charge in [0.15, 0.2) is 0 Å². The molecule has 1 aromatic rings. The van der Waals surface area contributed by atoms with Crippen LogP contribution >= 0.6 is 0 Å². The van der Waals surface area contributed by atoms with E-state index in [1.807, 2.05) is 0 Å². The van der Waals surface area contributed by atoms with Crippen molar-refractivity contribution < 1.29 is 42.5 Å². The zero-order valence-electron chi connectivity index (χ0n) is 15.3. The first-order chi connectivity index (χ1) is 13.9. The lowest BCUT2D eigenvalue weighted by Crippen LogP contribution is -2.52. The van der Waals surface area contributed by atoms with Crippen LogP contribution in [0.3, 0.4) is 0 Å². The number of aliphatic hydroxyl groups excluding tert-OH is 2. The number of alkyl halides is 3. The largest absolute Gasteiger partial charge is 0.573 e. The standard InChI is InChI=1S/C17H19F3N4O6/c18-17(19,20)30-10-3-1-9(2-4-10)23-16(29)24-11-5-8(6-12(25)14(11)27)15(28)22-7-13(21)26/h1-5,11-12,14,25,27H,6-7H2,(H2,21,26)(H,22,28)(H2,23,24,29)/t11-,12-,14-/m1/s1. The summed E-state index contributed by atoms with van der Waals surface area (Å²) in [5.74, 6) is -1.96. The van der Waals surface area contributed by atoms with Crippen LogP contribution in [0.25, 0.3) is 0 Å².